The first-order valence-electron chi connectivity index (χ1n) is 8.31. The number of hydrogen-bond acceptors (Lipinski definition) is 5. The van der Waals surface area contributed by atoms with E-state index in [2.05, 4.69) is 4.98 Å². The van der Waals surface area contributed by atoms with Crippen molar-refractivity contribution in [1.29, 1.82) is 0 Å². The van der Waals surface area contributed by atoms with Crippen LogP contribution in [0, 0.1) is 0 Å². The number of rotatable bonds is 4. The zero-order valence-electron chi connectivity index (χ0n) is 14.2. The van der Waals surface area contributed by atoms with E-state index >= 15 is 0 Å². The molecule has 0 aliphatic carbocycles. The lowest BCUT2D eigenvalue weighted by Crippen LogP contribution is -2.29. The average Bonchev–Trinajstić information content (AvgIpc) is 2.95. The number of fused-ring (bicyclic) bond motifs is 1. The summed E-state index contributed by atoms with van der Waals surface area (Å²) < 4.78 is 5.44. The van der Waals surface area contributed by atoms with Gasteiger partial charge in [0, 0.05) is 6.20 Å². The molecule has 3 aromatic rings. The predicted octanol–water partition coefficient (Wildman–Crippen LogP) is 3.10. The van der Waals surface area contributed by atoms with Gasteiger partial charge in [-0.25, -0.2) is 4.79 Å². The summed E-state index contributed by atoms with van der Waals surface area (Å²) in [5, 5.41) is 0. The summed E-state index contributed by atoms with van der Waals surface area (Å²) in [7, 11) is 0. The molecule has 1 aliphatic heterocycles. The Morgan fingerprint density at radius 2 is 1.48 bits per heavy atom. The minimum atomic E-state index is -0.535. The van der Waals surface area contributed by atoms with Gasteiger partial charge in [0.2, 0.25) is 0 Å². The number of ether oxygens (including phenoxy) is 1. The fourth-order valence-corrected chi connectivity index (χ4v) is 2.90. The molecule has 0 unspecified atom stereocenters. The van der Waals surface area contributed by atoms with Gasteiger partial charge in [0.1, 0.15) is 5.69 Å². The summed E-state index contributed by atoms with van der Waals surface area (Å²) in [5.41, 5.74) is 1.45. The lowest BCUT2D eigenvalue weighted by atomic mass is 10.1. The van der Waals surface area contributed by atoms with Crippen molar-refractivity contribution < 1.29 is 19.1 Å². The minimum absolute atomic E-state index is 0.0788. The van der Waals surface area contributed by atoms with Crippen LogP contribution in [0.3, 0.4) is 0 Å². The molecule has 1 aromatic heterocycles. The average molecular weight is 358 g/mol. The summed E-state index contributed by atoms with van der Waals surface area (Å²) in [6.45, 7) is -0.0788. The number of carbonyl (C=O) groups excluding carboxylic acids is 3. The van der Waals surface area contributed by atoms with E-state index in [1.807, 2.05) is 0 Å². The Morgan fingerprint density at radius 1 is 0.852 bits per heavy atom. The Hall–Kier alpha value is -3.80. The molecular formula is C21H14N2O4. The Labute approximate surface area is 155 Å². The highest BCUT2D eigenvalue weighted by atomic mass is 16.5. The molecule has 2 heterocycles. The number of amides is 2. The van der Waals surface area contributed by atoms with E-state index in [-0.39, 0.29) is 24.1 Å². The first-order valence-corrected chi connectivity index (χ1v) is 8.31. The molecule has 6 nitrogen and oxygen atoms in total. The maximum absolute atomic E-state index is 12.5. The molecule has 0 saturated heterocycles. The van der Waals surface area contributed by atoms with Crippen molar-refractivity contribution in [2.75, 3.05) is 0 Å². The standard InChI is InChI=1S/C21H14N2O4/c24-19-15-9-4-5-10-16(15)20(25)23(19)13-17-18(11-6-12-22-17)27-21(26)14-7-2-1-3-8-14/h1-12H,13H2. The van der Waals surface area contributed by atoms with Crippen LogP contribution < -0.4 is 4.74 Å². The maximum Gasteiger partial charge on any atom is 0.343 e. The number of pyridine rings is 1. The lowest BCUT2D eigenvalue weighted by Gasteiger charge is -2.15. The summed E-state index contributed by atoms with van der Waals surface area (Å²) in [5.74, 6) is -1.10. The van der Waals surface area contributed by atoms with Crippen LogP contribution in [-0.4, -0.2) is 27.7 Å². The van der Waals surface area contributed by atoms with Crippen molar-refractivity contribution in [3.05, 3.63) is 95.3 Å². The third-order valence-electron chi connectivity index (χ3n) is 4.25. The molecule has 0 spiro atoms. The second-order valence-corrected chi connectivity index (χ2v) is 5.95. The summed E-state index contributed by atoms with van der Waals surface area (Å²) in [4.78, 5) is 42.7. The number of imide groups is 1. The molecule has 132 valence electrons. The van der Waals surface area contributed by atoms with E-state index in [4.69, 9.17) is 4.74 Å². The molecule has 0 atom stereocenters. The van der Waals surface area contributed by atoms with Crippen LogP contribution >= 0.6 is 0 Å². The Bertz CT molecular complexity index is 1010. The van der Waals surface area contributed by atoms with Gasteiger partial charge in [-0.3, -0.25) is 19.5 Å². The fraction of sp³-hybridized carbons (Fsp3) is 0.0476. The topological polar surface area (TPSA) is 76.6 Å². The fourth-order valence-electron chi connectivity index (χ4n) is 2.90. The molecule has 0 fully saturated rings. The van der Waals surface area contributed by atoms with Gasteiger partial charge in [-0.1, -0.05) is 30.3 Å². The first-order chi connectivity index (χ1) is 13.1. The number of hydrogen-bond donors (Lipinski definition) is 0. The smallest absolute Gasteiger partial charge is 0.343 e. The second-order valence-electron chi connectivity index (χ2n) is 5.95. The van der Waals surface area contributed by atoms with Crippen LogP contribution in [0.2, 0.25) is 0 Å². The van der Waals surface area contributed by atoms with Crippen LogP contribution in [0.1, 0.15) is 36.8 Å². The largest absolute Gasteiger partial charge is 0.421 e. The number of benzene rings is 2. The van der Waals surface area contributed by atoms with Gasteiger partial charge in [0.15, 0.2) is 5.75 Å². The van der Waals surface area contributed by atoms with Gasteiger partial charge >= 0.3 is 5.97 Å². The van der Waals surface area contributed by atoms with Crippen LogP contribution in [0.25, 0.3) is 0 Å². The molecule has 1 aliphatic rings. The van der Waals surface area contributed by atoms with Crippen molar-refractivity contribution in [3.63, 3.8) is 0 Å². The van der Waals surface area contributed by atoms with E-state index in [9.17, 15) is 14.4 Å². The quantitative estimate of drug-likeness (QED) is 0.529. The SMILES string of the molecule is O=C(Oc1cccnc1CN1C(=O)c2ccccc2C1=O)c1ccccc1. The van der Waals surface area contributed by atoms with E-state index in [0.29, 0.717) is 22.4 Å². The monoisotopic (exact) mass is 358 g/mol. The molecule has 0 radical (unpaired) electrons. The molecule has 6 heteroatoms. The molecule has 27 heavy (non-hydrogen) atoms. The van der Waals surface area contributed by atoms with Crippen molar-refractivity contribution in [2.45, 2.75) is 6.54 Å². The van der Waals surface area contributed by atoms with Gasteiger partial charge in [-0.2, -0.15) is 0 Å². The molecule has 0 bridgehead atoms. The predicted molar refractivity (Wildman–Crippen MR) is 96.3 cm³/mol. The zero-order chi connectivity index (χ0) is 18.8. The van der Waals surface area contributed by atoms with Gasteiger partial charge in [-0.05, 0) is 36.4 Å². The van der Waals surface area contributed by atoms with Crippen LogP contribution in [0.15, 0.2) is 72.9 Å². The van der Waals surface area contributed by atoms with E-state index in [0.717, 1.165) is 4.90 Å². The maximum atomic E-state index is 12.5. The normalized spacial score (nSPS) is 12.8. The third-order valence-corrected chi connectivity index (χ3v) is 4.25. The van der Waals surface area contributed by atoms with Gasteiger partial charge in [0.25, 0.3) is 11.8 Å². The second kappa shape index (κ2) is 6.84. The Morgan fingerprint density at radius 3 is 2.15 bits per heavy atom. The Balaban J connectivity index is 1.59. The first kappa shape index (κ1) is 16.7. The highest BCUT2D eigenvalue weighted by molar-refractivity contribution is 6.21. The number of carbonyl (C=O) groups is 3. The van der Waals surface area contributed by atoms with Crippen molar-refractivity contribution >= 4 is 17.8 Å². The minimum Gasteiger partial charge on any atom is -0.421 e. The summed E-state index contributed by atoms with van der Waals surface area (Å²) in [6.07, 6.45) is 1.52. The van der Waals surface area contributed by atoms with Gasteiger partial charge < -0.3 is 4.74 Å². The molecule has 0 saturated carbocycles. The van der Waals surface area contributed by atoms with Crippen molar-refractivity contribution in [1.82, 2.24) is 9.88 Å². The van der Waals surface area contributed by atoms with E-state index in [1.165, 1.54) is 6.20 Å². The van der Waals surface area contributed by atoms with Gasteiger partial charge in [-0.15, -0.1) is 0 Å². The number of aromatic nitrogens is 1. The van der Waals surface area contributed by atoms with Crippen LogP contribution in [-0.2, 0) is 6.54 Å². The molecule has 2 amide bonds. The van der Waals surface area contributed by atoms with Crippen molar-refractivity contribution in [3.8, 4) is 5.75 Å². The lowest BCUT2D eigenvalue weighted by molar-refractivity contribution is 0.0639. The third kappa shape index (κ3) is 3.08. The molecule has 4 rings (SSSR count). The van der Waals surface area contributed by atoms with Crippen molar-refractivity contribution in [2.24, 2.45) is 0 Å². The highest BCUT2D eigenvalue weighted by Crippen LogP contribution is 2.26. The Kier molecular flexibility index (Phi) is 4.22. The number of esters is 1. The van der Waals surface area contributed by atoms with E-state index in [1.54, 1.807) is 66.7 Å². The van der Waals surface area contributed by atoms with Gasteiger partial charge in [0.05, 0.1) is 23.2 Å². The molecule has 2 aromatic carbocycles. The molecule has 0 N–H and O–H groups in total. The zero-order valence-corrected chi connectivity index (χ0v) is 14.2. The summed E-state index contributed by atoms with van der Waals surface area (Å²) in [6, 6.07) is 18.4. The molecular weight excluding hydrogens is 344 g/mol. The summed E-state index contributed by atoms with van der Waals surface area (Å²) >= 11 is 0. The number of nitrogens with zero attached hydrogens (tertiary/aromatic N) is 2. The van der Waals surface area contributed by atoms with Crippen LogP contribution in [0.5, 0.6) is 5.75 Å². The highest BCUT2D eigenvalue weighted by Gasteiger charge is 2.35. The van der Waals surface area contributed by atoms with E-state index < -0.39 is 5.97 Å². The van der Waals surface area contributed by atoms with Crippen LogP contribution in [0.4, 0.5) is 0 Å².